The maximum atomic E-state index is 12.5. The predicted octanol–water partition coefficient (Wildman–Crippen LogP) is 4.26. The average molecular weight is 501 g/mol. The van der Waals surface area contributed by atoms with Crippen LogP contribution in [0.4, 0.5) is 0 Å². The fourth-order valence-electron chi connectivity index (χ4n) is 4.34. The highest BCUT2D eigenvalue weighted by Gasteiger charge is 2.20. The normalized spacial score (nSPS) is 17.1. The summed E-state index contributed by atoms with van der Waals surface area (Å²) in [6, 6.07) is 26.2. The largest absolute Gasteiger partial charge is 0.489 e. The number of nitrogens with zero attached hydrogens (tertiary/aromatic N) is 3. The van der Waals surface area contributed by atoms with Crippen LogP contribution in [0.2, 0.25) is 0 Å². The molecule has 5 rings (SSSR count). The molecule has 2 aliphatic heterocycles. The van der Waals surface area contributed by atoms with Crippen LogP contribution in [0.25, 0.3) is 0 Å². The molecule has 0 radical (unpaired) electrons. The maximum Gasteiger partial charge on any atom is 0.271 e. The first-order chi connectivity index (χ1) is 17.7. The van der Waals surface area contributed by atoms with Crippen molar-refractivity contribution in [3.05, 3.63) is 101 Å². The Hall–Kier alpha value is -3.13. The Morgan fingerprint density at radius 3 is 2.19 bits per heavy atom. The summed E-state index contributed by atoms with van der Waals surface area (Å²) < 4.78 is 5.91. The van der Waals surface area contributed by atoms with E-state index >= 15 is 0 Å². The third-order valence-electron chi connectivity index (χ3n) is 6.48. The van der Waals surface area contributed by atoms with Crippen molar-refractivity contribution in [2.24, 2.45) is 5.10 Å². The average Bonchev–Trinajstić information content (AvgIpc) is 2.89. The van der Waals surface area contributed by atoms with Crippen LogP contribution in [0.15, 0.2) is 84.0 Å². The molecule has 0 atom stereocenters. The van der Waals surface area contributed by atoms with Crippen molar-refractivity contribution >= 4 is 23.9 Å². The van der Waals surface area contributed by atoms with E-state index in [-0.39, 0.29) is 5.91 Å². The lowest BCUT2D eigenvalue weighted by molar-refractivity contribution is 0.0955. The number of carbonyl (C=O) groups excluding carboxylic acids is 1. The van der Waals surface area contributed by atoms with Gasteiger partial charge in [-0.15, -0.1) is 0 Å². The molecule has 6 nitrogen and oxygen atoms in total. The Kier molecular flexibility index (Phi) is 8.33. The number of hydrogen-bond donors (Lipinski definition) is 1. The van der Waals surface area contributed by atoms with Gasteiger partial charge in [0.05, 0.1) is 6.21 Å². The van der Waals surface area contributed by atoms with Gasteiger partial charge in [0.2, 0.25) is 0 Å². The number of ether oxygens (including phenoxy) is 1. The van der Waals surface area contributed by atoms with Crippen LogP contribution >= 0.6 is 11.8 Å². The smallest absolute Gasteiger partial charge is 0.271 e. The van der Waals surface area contributed by atoms with Crippen LogP contribution < -0.4 is 10.2 Å². The molecule has 0 saturated carbocycles. The van der Waals surface area contributed by atoms with E-state index in [0.717, 1.165) is 62.1 Å². The molecule has 3 aromatic carbocycles. The molecule has 0 spiro atoms. The van der Waals surface area contributed by atoms with Gasteiger partial charge in [-0.05, 0) is 41.0 Å². The second kappa shape index (κ2) is 12.2. The lowest BCUT2D eigenvalue weighted by Crippen LogP contribution is -2.45. The van der Waals surface area contributed by atoms with Gasteiger partial charge in [-0.3, -0.25) is 14.6 Å². The number of piperazine rings is 1. The molecule has 7 heteroatoms. The standard InChI is InChI=1S/C29H32N4O2S/c34-29(31-30-18-25-7-4-8-27(17-25)35-28-21-36-22-28)26-11-9-24(10-12-26)20-33-15-13-32(14-16-33)19-23-5-2-1-3-6-23/h1-12,17-18,28H,13-16,19-22H2,(H,31,34)/b30-18-. The zero-order valence-corrected chi connectivity index (χ0v) is 21.2. The summed E-state index contributed by atoms with van der Waals surface area (Å²) in [5.74, 6) is 2.70. The molecule has 2 fully saturated rings. The number of amides is 1. The molecule has 2 aliphatic rings. The second-order valence-electron chi connectivity index (χ2n) is 9.28. The van der Waals surface area contributed by atoms with Crippen molar-refractivity contribution in [2.45, 2.75) is 19.2 Å². The molecular formula is C29H32N4O2S. The van der Waals surface area contributed by atoms with Crippen LogP contribution in [0.5, 0.6) is 5.75 Å². The molecular weight excluding hydrogens is 468 g/mol. The minimum absolute atomic E-state index is 0.216. The zero-order valence-electron chi connectivity index (χ0n) is 20.4. The van der Waals surface area contributed by atoms with Crippen LogP contribution in [-0.4, -0.2) is 65.7 Å². The third-order valence-corrected chi connectivity index (χ3v) is 7.70. The van der Waals surface area contributed by atoms with Gasteiger partial charge >= 0.3 is 0 Å². The van der Waals surface area contributed by atoms with E-state index in [1.165, 1.54) is 11.1 Å². The summed E-state index contributed by atoms with van der Waals surface area (Å²) in [7, 11) is 0. The molecule has 0 bridgehead atoms. The maximum absolute atomic E-state index is 12.5. The molecule has 36 heavy (non-hydrogen) atoms. The van der Waals surface area contributed by atoms with Crippen LogP contribution in [0, 0.1) is 0 Å². The van der Waals surface area contributed by atoms with Gasteiger partial charge in [0.25, 0.3) is 5.91 Å². The Morgan fingerprint density at radius 2 is 1.56 bits per heavy atom. The van der Waals surface area contributed by atoms with Crippen LogP contribution in [0.1, 0.15) is 27.0 Å². The molecule has 0 aliphatic carbocycles. The first kappa shape index (κ1) is 24.6. The predicted molar refractivity (Wildman–Crippen MR) is 147 cm³/mol. The molecule has 2 saturated heterocycles. The molecule has 1 amide bonds. The summed E-state index contributed by atoms with van der Waals surface area (Å²) in [5, 5.41) is 4.13. The lowest BCUT2D eigenvalue weighted by atomic mass is 10.1. The van der Waals surface area contributed by atoms with E-state index in [1.54, 1.807) is 6.21 Å². The summed E-state index contributed by atoms with van der Waals surface area (Å²) in [4.78, 5) is 17.5. The highest BCUT2D eigenvalue weighted by Crippen LogP contribution is 2.24. The second-order valence-corrected chi connectivity index (χ2v) is 10.4. The summed E-state index contributed by atoms with van der Waals surface area (Å²) >= 11 is 1.89. The van der Waals surface area contributed by atoms with Gasteiger partial charge in [0, 0.05) is 56.3 Å². The fraction of sp³-hybridized carbons (Fsp3) is 0.310. The van der Waals surface area contributed by atoms with E-state index in [2.05, 4.69) is 50.7 Å². The monoisotopic (exact) mass is 500 g/mol. The van der Waals surface area contributed by atoms with Gasteiger partial charge < -0.3 is 4.74 Å². The Morgan fingerprint density at radius 1 is 0.889 bits per heavy atom. The fourth-order valence-corrected chi connectivity index (χ4v) is 4.90. The summed E-state index contributed by atoms with van der Waals surface area (Å²) in [6.07, 6.45) is 1.95. The minimum atomic E-state index is -0.216. The first-order valence-corrected chi connectivity index (χ1v) is 13.6. The highest BCUT2D eigenvalue weighted by molar-refractivity contribution is 8.00. The first-order valence-electron chi connectivity index (χ1n) is 12.5. The van der Waals surface area contributed by atoms with Crippen molar-refractivity contribution in [1.29, 1.82) is 0 Å². The Bertz CT molecular complexity index is 1160. The molecule has 2 heterocycles. The number of benzene rings is 3. The van der Waals surface area contributed by atoms with Crippen molar-refractivity contribution < 1.29 is 9.53 Å². The SMILES string of the molecule is O=C(N/N=C\c1cccc(OC2CSC2)c1)c1ccc(CN2CCN(Cc3ccccc3)CC2)cc1. The van der Waals surface area contributed by atoms with Gasteiger partial charge in [-0.2, -0.15) is 16.9 Å². The van der Waals surface area contributed by atoms with E-state index in [1.807, 2.05) is 60.3 Å². The van der Waals surface area contributed by atoms with Crippen LogP contribution in [0.3, 0.4) is 0 Å². The van der Waals surface area contributed by atoms with E-state index in [9.17, 15) is 4.79 Å². The Balaban J connectivity index is 1.06. The molecule has 1 N–H and O–H groups in total. The molecule has 186 valence electrons. The van der Waals surface area contributed by atoms with E-state index in [4.69, 9.17) is 4.74 Å². The number of thioether (sulfide) groups is 1. The third kappa shape index (κ3) is 6.97. The quantitative estimate of drug-likeness (QED) is 0.351. The van der Waals surface area contributed by atoms with E-state index < -0.39 is 0 Å². The summed E-state index contributed by atoms with van der Waals surface area (Å²) in [6.45, 7) is 6.16. The van der Waals surface area contributed by atoms with Crippen molar-refractivity contribution in [2.75, 3.05) is 37.7 Å². The summed E-state index contributed by atoms with van der Waals surface area (Å²) in [5.41, 5.74) is 6.70. The topological polar surface area (TPSA) is 57.2 Å². The number of carbonyl (C=O) groups is 1. The highest BCUT2D eigenvalue weighted by atomic mass is 32.2. The van der Waals surface area contributed by atoms with Crippen molar-refractivity contribution in [3.63, 3.8) is 0 Å². The van der Waals surface area contributed by atoms with Gasteiger partial charge in [-0.1, -0.05) is 54.6 Å². The van der Waals surface area contributed by atoms with Crippen LogP contribution in [-0.2, 0) is 13.1 Å². The van der Waals surface area contributed by atoms with Gasteiger partial charge in [0.1, 0.15) is 11.9 Å². The molecule has 0 unspecified atom stereocenters. The van der Waals surface area contributed by atoms with E-state index in [0.29, 0.717) is 11.7 Å². The number of hydrazone groups is 1. The van der Waals surface area contributed by atoms with Crippen molar-refractivity contribution in [1.82, 2.24) is 15.2 Å². The molecule has 3 aromatic rings. The number of nitrogens with one attached hydrogen (secondary N) is 1. The Labute approximate surface area is 217 Å². The van der Waals surface area contributed by atoms with Gasteiger partial charge in [0.15, 0.2) is 0 Å². The van der Waals surface area contributed by atoms with Crippen molar-refractivity contribution in [3.8, 4) is 5.75 Å². The molecule has 0 aromatic heterocycles. The number of hydrogen-bond acceptors (Lipinski definition) is 6. The minimum Gasteiger partial charge on any atom is -0.489 e. The van der Waals surface area contributed by atoms with Gasteiger partial charge in [-0.25, -0.2) is 5.43 Å². The number of rotatable bonds is 9. The zero-order chi connectivity index (χ0) is 24.6. The lowest BCUT2D eigenvalue weighted by Gasteiger charge is -2.34.